The van der Waals surface area contributed by atoms with Crippen molar-refractivity contribution in [1.82, 2.24) is 4.57 Å². The van der Waals surface area contributed by atoms with E-state index in [4.69, 9.17) is 18.6 Å². The summed E-state index contributed by atoms with van der Waals surface area (Å²) in [6.45, 7) is 3.48. The smallest absolute Gasteiger partial charge is 0.336 e. The van der Waals surface area contributed by atoms with Crippen LogP contribution in [0.3, 0.4) is 0 Å². The standard InChI is InChI=1S/C29H25NO8/c1-29(2)28(34)27(23-19(38-29)10-8-14-9-11-21(32)37-26(14)23)36-20-7-5-6-16-24(20)30(3)17-12-15(35-4)13-18(31)22(17)25(16)33/h5-13,27-28,31,34H,1-4H3/t27?,28-/m0/s1. The van der Waals surface area contributed by atoms with Gasteiger partial charge in [0.05, 0.1) is 34.5 Å². The number of hydrogen-bond acceptors (Lipinski definition) is 8. The average Bonchev–Trinajstić information content (AvgIpc) is 2.88. The summed E-state index contributed by atoms with van der Waals surface area (Å²) in [5, 5.41) is 23.1. The molecule has 1 aliphatic heterocycles. The number of fused-ring (bicyclic) bond motifs is 5. The molecule has 0 aliphatic carbocycles. The molecule has 38 heavy (non-hydrogen) atoms. The van der Waals surface area contributed by atoms with Crippen LogP contribution in [0.2, 0.25) is 0 Å². The van der Waals surface area contributed by atoms with Crippen LogP contribution in [-0.4, -0.2) is 33.6 Å². The Kier molecular flexibility index (Phi) is 5.19. The first kappa shape index (κ1) is 23.9. The van der Waals surface area contributed by atoms with Gasteiger partial charge >= 0.3 is 5.63 Å². The quantitative estimate of drug-likeness (QED) is 0.271. The molecule has 2 aromatic heterocycles. The first-order valence-corrected chi connectivity index (χ1v) is 12.0. The monoisotopic (exact) mass is 515 g/mol. The van der Waals surface area contributed by atoms with Crippen LogP contribution in [-0.2, 0) is 7.05 Å². The van der Waals surface area contributed by atoms with Crippen molar-refractivity contribution in [2.24, 2.45) is 7.05 Å². The van der Waals surface area contributed by atoms with Gasteiger partial charge in [-0.1, -0.05) is 6.07 Å². The molecule has 0 saturated heterocycles. The molecule has 3 aromatic carbocycles. The van der Waals surface area contributed by atoms with E-state index in [1.807, 2.05) is 0 Å². The van der Waals surface area contributed by atoms with Crippen molar-refractivity contribution in [3.63, 3.8) is 0 Å². The number of aromatic hydroxyl groups is 1. The van der Waals surface area contributed by atoms with E-state index in [2.05, 4.69) is 0 Å². The Balaban J connectivity index is 1.63. The number of aliphatic hydroxyl groups is 1. The van der Waals surface area contributed by atoms with E-state index in [1.165, 1.54) is 19.2 Å². The molecule has 9 heteroatoms. The Hall–Kier alpha value is -4.50. The molecule has 0 saturated carbocycles. The molecule has 0 fully saturated rings. The number of phenols is 1. The summed E-state index contributed by atoms with van der Waals surface area (Å²) >= 11 is 0. The number of ether oxygens (including phenoxy) is 3. The molecule has 194 valence electrons. The second-order valence-corrected chi connectivity index (χ2v) is 9.92. The Morgan fingerprint density at radius 3 is 2.58 bits per heavy atom. The topological polar surface area (TPSA) is 120 Å². The van der Waals surface area contributed by atoms with Crippen molar-refractivity contribution in [1.29, 1.82) is 0 Å². The Morgan fingerprint density at radius 2 is 1.82 bits per heavy atom. The van der Waals surface area contributed by atoms with Gasteiger partial charge in [0.15, 0.2) is 6.10 Å². The molecule has 0 radical (unpaired) electrons. The number of aromatic nitrogens is 1. The molecule has 2 N–H and O–H groups in total. The predicted octanol–water partition coefficient (Wildman–Crippen LogP) is 4.16. The highest BCUT2D eigenvalue weighted by molar-refractivity contribution is 5.99. The van der Waals surface area contributed by atoms with Gasteiger partial charge in [-0.25, -0.2) is 4.79 Å². The van der Waals surface area contributed by atoms with Gasteiger partial charge < -0.3 is 33.4 Å². The number of pyridine rings is 1. The van der Waals surface area contributed by atoms with Gasteiger partial charge in [-0.05, 0) is 44.2 Å². The molecule has 6 rings (SSSR count). The minimum atomic E-state index is -1.16. The fraction of sp³-hybridized carbons (Fsp3) is 0.241. The number of aryl methyl sites for hydroxylation is 1. The Morgan fingerprint density at radius 1 is 1.05 bits per heavy atom. The van der Waals surface area contributed by atoms with E-state index in [1.54, 1.807) is 67.9 Å². The summed E-state index contributed by atoms with van der Waals surface area (Å²) in [6.07, 6.45) is -2.17. The van der Waals surface area contributed by atoms with Crippen LogP contribution in [0.25, 0.3) is 32.8 Å². The number of phenolic OH excluding ortho intramolecular Hbond substituents is 1. The van der Waals surface area contributed by atoms with Gasteiger partial charge in [-0.3, -0.25) is 4.79 Å². The van der Waals surface area contributed by atoms with Crippen molar-refractivity contribution in [3.05, 3.63) is 80.8 Å². The second kappa shape index (κ2) is 8.26. The van der Waals surface area contributed by atoms with Crippen LogP contribution >= 0.6 is 0 Å². The van der Waals surface area contributed by atoms with Gasteiger partial charge in [0, 0.05) is 30.6 Å². The zero-order valence-electron chi connectivity index (χ0n) is 21.1. The number of nitrogens with zero attached hydrogens (tertiary/aromatic N) is 1. The molecule has 0 bridgehead atoms. The van der Waals surface area contributed by atoms with Crippen LogP contribution in [0.4, 0.5) is 0 Å². The van der Waals surface area contributed by atoms with E-state index >= 15 is 0 Å². The summed E-state index contributed by atoms with van der Waals surface area (Å²) in [5.41, 5.74) is -0.404. The van der Waals surface area contributed by atoms with Crippen molar-refractivity contribution >= 4 is 32.8 Å². The van der Waals surface area contributed by atoms with Crippen LogP contribution in [0.5, 0.6) is 23.0 Å². The van der Waals surface area contributed by atoms with Gasteiger partial charge in [0.25, 0.3) is 0 Å². The lowest BCUT2D eigenvalue weighted by atomic mass is 9.87. The van der Waals surface area contributed by atoms with E-state index in [0.717, 1.165) is 0 Å². The van der Waals surface area contributed by atoms with Crippen molar-refractivity contribution in [2.45, 2.75) is 31.7 Å². The number of hydrogen-bond donors (Lipinski definition) is 2. The lowest BCUT2D eigenvalue weighted by Crippen LogP contribution is -2.50. The maximum atomic E-state index is 13.5. The number of rotatable bonds is 3. The summed E-state index contributed by atoms with van der Waals surface area (Å²) in [5.74, 6) is 0.931. The van der Waals surface area contributed by atoms with E-state index in [0.29, 0.717) is 44.6 Å². The first-order valence-electron chi connectivity index (χ1n) is 12.0. The van der Waals surface area contributed by atoms with Gasteiger partial charge in [0.1, 0.15) is 40.3 Å². The number of methoxy groups -OCH3 is 1. The minimum absolute atomic E-state index is 0.156. The molecule has 5 aromatic rings. The Labute approximate surface area is 216 Å². The van der Waals surface area contributed by atoms with Crippen LogP contribution in [0.1, 0.15) is 25.5 Å². The lowest BCUT2D eigenvalue weighted by Gasteiger charge is -2.41. The number of benzene rings is 3. The zero-order valence-corrected chi connectivity index (χ0v) is 21.1. The molecular formula is C29H25NO8. The fourth-order valence-electron chi connectivity index (χ4n) is 5.22. The van der Waals surface area contributed by atoms with E-state index in [9.17, 15) is 19.8 Å². The molecule has 0 amide bonds. The molecule has 1 unspecified atom stereocenters. The number of para-hydroxylation sites is 1. The van der Waals surface area contributed by atoms with Crippen LogP contribution in [0, 0.1) is 0 Å². The van der Waals surface area contributed by atoms with Crippen molar-refractivity contribution in [2.75, 3.05) is 7.11 Å². The fourth-order valence-corrected chi connectivity index (χ4v) is 5.22. The third kappa shape index (κ3) is 3.42. The highest BCUT2D eigenvalue weighted by Crippen LogP contribution is 2.46. The molecule has 3 heterocycles. The SMILES string of the molecule is COc1cc(O)c2c(=O)c3cccc(OC4c5c(ccc6ccc(=O)oc56)OC(C)(C)[C@H]4O)c3n(C)c2c1. The highest BCUT2D eigenvalue weighted by Gasteiger charge is 2.46. The Bertz CT molecular complexity index is 1880. The minimum Gasteiger partial charge on any atom is -0.507 e. The summed E-state index contributed by atoms with van der Waals surface area (Å²) < 4.78 is 25.2. The third-order valence-corrected chi connectivity index (χ3v) is 7.17. The van der Waals surface area contributed by atoms with Crippen LogP contribution in [0.15, 0.2) is 68.6 Å². The maximum Gasteiger partial charge on any atom is 0.336 e. The zero-order chi connectivity index (χ0) is 26.9. The lowest BCUT2D eigenvalue weighted by molar-refractivity contribution is -0.102. The number of aliphatic hydroxyl groups excluding tert-OH is 1. The van der Waals surface area contributed by atoms with E-state index in [-0.39, 0.29) is 22.1 Å². The van der Waals surface area contributed by atoms with Crippen molar-refractivity contribution in [3.8, 4) is 23.0 Å². The van der Waals surface area contributed by atoms with E-state index < -0.39 is 23.4 Å². The summed E-state index contributed by atoms with van der Waals surface area (Å²) in [4.78, 5) is 25.6. The summed E-state index contributed by atoms with van der Waals surface area (Å²) in [6, 6.07) is 14.6. The normalized spacial score (nSPS) is 18.3. The summed E-state index contributed by atoms with van der Waals surface area (Å²) in [7, 11) is 3.23. The van der Waals surface area contributed by atoms with Gasteiger partial charge in [-0.15, -0.1) is 0 Å². The largest absolute Gasteiger partial charge is 0.507 e. The van der Waals surface area contributed by atoms with Gasteiger partial charge in [-0.2, -0.15) is 0 Å². The maximum absolute atomic E-state index is 13.5. The first-order chi connectivity index (χ1) is 18.1. The average molecular weight is 516 g/mol. The molecule has 0 spiro atoms. The molecular weight excluding hydrogens is 490 g/mol. The van der Waals surface area contributed by atoms with Gasteiger partial charge in [0.2, 0.25) is 5.43 Å². The highest BCUT2D eigenvalue weighted by atomic mass is 16.5. The third-order valence-electron chi connectivity index (χ3n) is 7.17. The van der Waals surface area contributed by atoms with Crippen molar-refractivity contribution < 1.29 is 28.8 Å². The molecule has 2 atom stereocenters. The molecule has 1 aliphatic rings. The molecule has 9 nitrogen and oxygen atoms in total. The predicted molar refractivity (Wildman–Crippen MR) is 141 cm³/mol. The second-order valence-electron chi connectivity index (χ2n) is 9.92. The van der Waals surface area contributed by atoms with Crippen LogP contribution < -0.4 is 25.3 Å².